The van der Waals surface area contributed by atoms with Gasteiger partial charge in [-0.25, -0.2) is 4.99 Å². The van der Waals surface area contributed by atoms with Gasteiger partial charge in [0.25, 0.3) is 0 Å². The van der Waals surface area contributed by atoms with Crippen LogP contribution in [0.4, 0.5) is 0 Å². The zero-order chi connectivity index (χ0) is 43.1. The van der Waals surface area contributed by atoms with Gasteiger partial charge in [0.15, 0.2) is 5.84 Å². The molecule has 4 heteroatoms. The third kappa shape index (κ3) is 6.21. The van der Waals surface area contributed by atoms with Crippen molar-refractivity contribution >= 4 is 77.0 Å². The number of nitrogens with zero attached hydrogens (tertiary/aromatic N) is 2. The van der Waals surface area contributed by atoms with Crippen molar-refractivity contribution in [2.75, 3.05) is 0 Å². The molecule has 0 saturated heterocycles. The Kier molecular flexibility index (Phi) is 8.37. The van der Waals surface area contributed by atoms with Crippen molar-refractivity contribution in [1.82, 2.24) is 0 Å². The van der Waals surface area contributed by atoms with Crippen LogP contribution in [-0.4, -0.2) is 11.5 Å². The minimum Gasteiger partial charge on any atom is -0.456 e. The molecular weight excluding hydrogens is 793 g/mol. The molecule has 12 aromatic rings. The number of aliphatic imine (C=N–C) groups is 2. The van der Waals surface area contributed by atoms with Crippen molar-refractivity contribution in [2.24, 2.45) is 9.98 Å². The molecule has 306 valence electrons. The highest BCUT2D eigenvalue weighted by Crippen LogP contribution is 2.42. The largest absolute Gasteiger partial charge is 0.456 e. The highest BCUT2D eigenvalue weighted by molar-refractivity contribution is 6.18. The molecule has 0 radical (unpaired) electrons. The molecule has 1 aliphatic rings. The van der Waals surface area contributed by atoms with E-state index < -0.39 is 5.54 Å². The van der Waals surface area contributed by atoms with E-state index in [0.29, 0.717) is 6.42 Å². The highest BCUT2D eigenvalue weighted by atomic mass is 16.3. The molecule has 0 amide bonds. The Balaban J connectivity index is 0.976. The summed E-state index contributed by atoms with van der Waals surface area (Å²) < 4.78 is 12.5. The molecule has 10 aromatic carbocycles. The Hall–Kier alpha value is -8.34. The quantitative estimate of drug-likeness (QED) is 0.157. The standard InChI is InChI=1S/C61H40N2O2/c1-61(44-28-23-38(24-29-44)51-35-42-15-5-6-16-45(42)47-17-7-8-18-48(47)51)37-55(62-60(63-61)39-13-3-2-4-14-39)52-33-40(41-26-31-58-53(34-41)49-19-9-11-21-56(49)64-58)25-30-46(52)43-27-32-59-54(36-43)50-20-10-12-22-57(50)65-59/h2-36H,37H2,1H3. The molecule has 0 bridgehead atoms. The van der Waals surface area contributed by atoms with Gasteiger partial charge in [0.1, 0.15) is 22.3 Å². The average molecular weight is 833 g/mol. The maximum Gasteiger partial charge on any atom is 0.155 e. The molecule has 1 atom stereocenters. The Labute approximate surface area is 375 Å². The molecule has 2 aromatic heterocycles. The lowest BCUT2D eigenvalue weighted by Crippen LogP contribution is -2.30. The Bertz CT molecular complexity index is 3930. The lowest BCUT2D eigenvalue weighted by molar-refractivity contribution is 0.515. The first kappa shape index (κ1) is 37.2. The molecule has 0 fully saturated rings. The summed E-state index contributed by atoms with van der Waals surface area (Å²) in [6.07, 6.45) is 0.598. The van der Waals surface area contributed by atoms with E-state index >= 15 is 0 Å². The van der Waals surface area contributed by atoms with Gasteiger partial charge in [-0.05, 0) is 116 Å². The number of furan rings is 2. The van der Waals surface area contributed by atoms with Crippen LogP contribution in [0, 0.1) is 0 Å². The number of amidine groups is 1. The van der Waals surface area contributed by atoms with Gasteiger partial charge in [0.05, 0.1) is 11.3 Å². The molecule has 4 nitrogen and oxygen atoms in total. The number of hydrogen-bond acceptors (Lipinski definition) is 4. The molecule has 0 saturated carbocycles. The summed E-state index contributed by atoms with van der Waals surface area (Å²) in [7, 11) is 0. The summed E-state index contributed by atoms with van der Waals surface area (Å²) >= 11 is 0. The maximum atomic E-state index is 6.29. The van der Waals surface area contributed by atoms with E-state index in [-0.39, 0.29) is 0 Å². The number of para-hydroxylation sites is 2. The van der Waals surface area contributed by atoms with Gasteiger partial charge in [-0.1, -0.05) is 164 Å². The van der Waals surface area contributed by atoms with Crippen molar-refractivity contribution in [3.05, 3.63) is 229 Å². The molecule has 0 spiro atoms. The predicted molar refractivity (Wildman–Crippen MR) is 270 cm³/mol. The molecular formula is C61H40N2O2. The zero-order valence-electron chi connectivity index (χ0n) is 35.6. The van der Waals surface area contributed by atoms with Gasteiger partial charge >= 0.3 is 0 Å². The summed E-state index contributed by atoms with van der Waals surface area (Å²) in [5.41, 5.74) is 13.9. The number of rotatable bonds is 6. The first-order chi connectivity index (χ1) is 32.0. The third-order valence-electron chi connectivity index (χ3n) is 13.5. The minimum absolute atomic E-state index is 0.598. The summed E-state index contributed by atoms with van der Waals surface area (Å²) in [5, 5.41) is 9.41. The van der Waals surface area contributed by atoms with Crippen molar-refractivity contribution in [3.63, 3.8) is 0 Å². The van der Waals surface area contributed by atoms with Crippen LogP contribution in [0.1, 0.15) is 30.0 Å². The lowest BCUT2D eigenvalue weighted by Gasteiger charge is -2.32. The maximum absolute atomic E-state index is 6.29. The molecule has 0 aliphatic carbocycles. The zero-order valence-corrected chi connectivity index (χ0v) is 35.6. The predicted octanol–water partition coefficient (Wildman–Crippen LogP) is 16.3. The van der Waals surface area contributed by atoms with Crippen LogP contribution in [0.2, 0.25) is 0 Å². The van der Waals surface area contributed by atoms with Crippen LogP contribution < -0.4 is 0 Å². The van der Waals surface area contributed by atoms with E-state index in [1.807, 2.05) is 30.3 Å². The van der Waals surface area contributed by atoms with Gasteiger partial charge in [0.2, 0.25) is 0 Å². The second-order valence-corrected chi connectivity index (χ2v) is 17.5. The van der Waals surface area contributed by atoms with Crippen LogP contribution in [0.3, 0.4) is 0 Å². The fraction of sp³-hybridized carbons (Fsp3) is 0.0492. The average Bonchev–Trinajstić information content (AvgIpc) is 3.94. The Morgan fingerprint density at radius 2 is 0.908 bits per heavy atom. The summed E-state index contributed by atoms with van der Waals surface area (Å²) in [4.78, 5) is 11.0. The first-order valence-electron chi connectivity index (χ1n) is 22.3. The molecule has 1 unspecified atom stereocenters. The van der Waals surface area contributed by atoms with Gasteiger partial charge < -0.3 is 8.83 Å². The van der Waals surface area contributed by atoms with Crippen LogP contribution in [-0.2, 0) is 5.54 Å². The summed E-state index contributed by atoms with van der Waals surface area (Å²) in [5.74, 6) is 0.720. The Morgan fingerprint density at radius 3 is 1.63 bits per heavy atom. The van der Waals surface area contributed by atoms with E-state index in [2.05, 4.69) is 189 Å². The fourth-order valence-corrected chi connectivity index (χ4v) is 10.1. The van der Waals surface area contributed by atoms with Crippen molar-refractivity contribution in [3.8, 4) is 33.4 Å². The molecule has 0 N–H and O–H groups in total. The van der Waals surface area contributed by atoms with Gasteiger partial charge in [-0.2, -0.15) is 0 Å². The molecule has 13 rings (SSSR count). The fourth-order valence-electron chi connectivity index (χ4n) is 10.1. The van der Waals surface area contributed by atoms with Crippen LogP contribution >= 0.6 is 0 Å². The van der Waals surface area contributed by atoms with Gasteiger partial charge in [0, 0.05) is 39.1 Å². The molecule has 65 heavy (non-hydrogen) atoms. The smallest absolute Gasteiger partial charge is 0.155 e. The van der Waals surface area contributed by atoms with Crippen LogP contribution in [0.25, 0.3) is 98.8 Å². The highest BCUT2D eigenvalue weighted by Gasteiger charge is 2.34. The van der Waals surface area contributed by atoms with E-state index in [9.17, 15) is 0 Å². The Morgan fingerprint density at radius 1 is 0.369 bits per heavy atom. The van der Waals surface area contributed by atoms with Gasteiger partial charge in [-0.15, -0.1) is 0 Å². The van der Waals surface area contributed by atoms with Gasteiger partial charge in [-0.3, -0.25) is 4.99 Å². The van der Waals surface area contributed by atoms with E-state index in [0.717, 1.165) is 94.4 Å². The van der Waals surface area contributed by atoms with Crippen LogP contribution in [0.15, 0.2) is 231 Å². The van der Waals surface area contributed by atoms with E-state index in [1.165, 1.54) is 32.7 Å². The SMILES string of the molecule is CC1(c2ccc(-c3cc4ccccc4c4ccccc34)cc2)CC(c2cc(-c3ccc4oc5ccccc5c4c3)ccc2-c2ccc3oc4ccccc4c3c2)=NC(c2ccccc2)=N1. The second-order valence-electron chi connectivity index (χ2n) is 17.5. The van der Waals surface area contributed by atoms with Crippen molar-refractivity contribution in [1.29, 1.82) is 0 Å². The van der Waals surface area contributed by atoms with Crippen molar-refractivity contribution in [2.45, 2.75) is 18.9 Å². The third-order valence-corrected chi connectivity index (χ3v) is 13.5. The summed E-state index contributed by atoms with van der Waals surface area (Å²) in [6, 6.07) is 75.6. The number of hydrogen-bond donors (Lipinski definition) is 0. The topological polar surface area (TPSA) is 51.0 Å². The van der Waals surface area contributed by atoms with Crippen molar-refractivity contribution < 1.29 is 8.83 Å². The minimum atomic E-state index is -0.626. The van der Waals surface area contributed by atoms with Crippen LogP contribution in [0.5, 0.6) is 0 Å². The first-order valence-corrected chi connectivity index (χ1v) is 22.3. The second kappa shape index (κ2) is 14.6. The normalized spacial score (nSPS) is 15.3. The molecule has 3 heterocycles. The van der Waals surface area contributed by atoms with E-state index in [1.54, 1.807) is 0 Å². The summed E-state index contributed by atoms with van der Waals surface area (Å²) in [6.45, 7) is 2.26. The number of fused-ring (bicyclic) bond motifs is 9. The monoisotopic (exact) mass is 832 g/mol. The lowest BCUT2D eigenvalue weighted by atomic mass is 9.81. The van der Waals surface area contributed by atoms with E-state index in [4.69, 9.17) is 18.8 Å². The number of benzene rings is 10. The molecule has 1 aliphatic heterocycles.